The monoisotopic (exact) mass is 371 g/mol. The smallest absolute Gasteiger partial charge is 0.234 e. The number of carbonyl (C=O) groups is 2. The van der Waals surface area contributed by atoms with Gasteiger partial charge in [0.25, 0.3) is 0 Å². The third-order valence-electron chi connectivity index (χ3n) is 6.06. The fourth-order valence-corrected chi connectivity index (χ4v) is 4.38. The van der Waals surface area contributed by atoms with Crippen molar-refractivity contribution in [2.24, 2.45) is 11.8 Å². The van der Waals surface area contributed by atoms with Gasteiger partial charge in [-0.15, -0.1) is 0 Å². The summed E-state index contributed by atoms with van der Waals surface area (Å²) in [5, 5.41) is 3.00. The first-order chi connectivity index (χ1) is 13.1. The number of nitrogens with zero attached hydrogens (tertiary/aromatic N) is 2. The fraction of sp³-hybridized carbons (Fsp3) is 0.619. The number of para-hydroxylation sites is 1. The maximum Gasteiger partial charge on any atom is 0.234 e. The SMILES string of the molecule is COc1ccccc1CNC(=O)CN1CC2CCC(C1)N(CC1CC1)C2=O. The van der Waals surface area contributed by atoms with Gasteiger partial charge in [0.2, 0.25) is 11.8 Å². The quantitative estimate of drug-likeness (QED) is 0.792. The van der Waals surface area contributed by atoms with E-state index in [4.69, 9.17) is 4.74 Å². The molecule has 1 aliphatic carbocycles. The molecule has 1 N–H and O–H groups in total. The van der Waals surface area contributed by atoms with Crippen molar-refractivity contribution in [2.45, 2.75) is 38.3 Å². The van der Waals surface area contributed by atoms with Crippen molar-refractivity contribution in [2.75, 3.05) is 33.3 Å². The van der Waals surface area contributed by atoms with Crippen LogP contribution in [0.25, 0.3) is 0 Å². The molecular formula is C21H29N3O3. The van der Waals surface area contributed by atoms with Gasteiger partial charge in [0.05, 0.1) is 19.6 Å². The van der Waals surface area contributed by atoms with Gasteiger partial charge in [0.15, 0.2) is 0 Å². The minimum Gasteiger partial charge on any atom is -0.496 e. The molecule has 2 atom stereocenters. The van der Waals surface area contributed by atoms with Crippen molar-refractivity contribution in [3.63, 3.8) is 0 Å². The normalized spacial score (nSPS) is 25.4. The second kappa shape index (κ2) is 7.89. The Hall–Kier alpha value is -2.08. The molecule has 2 bridgehead atoms. The van der Waals surface area contributed by atoms with E-state index in [1.165, 1.54) is 12.8 Å². The van der Waals surface area contributed by atoms with E-state index < -0.39 is 0 Å². The molecule has 2 amide bonds. The molecule has 2 unspecified atom stereocenters. The van der Waals surface area contributed by atoms with Gasteiger partial charge in [-0.2, -0.15) is 0 Å². The minimum absolute atomic E-state index is 0.00315. The summed E-state index contributed by atoms with van der Waals surface area (Å²) < 4.78 is 5.34. The number of benzene rings is 1. The van der Waals surface area contributed by atoms with E-state index in [1.54, 1.807) is 7.11 Å². The molecule has 27 heavy (non-hydrogen) atoms. The van der Waals surface area contributed by atoms with Crippen LogP contribution in [0.5, 0.6) is 5.75 Å². The van der Waals surface area contributed by atoms with E-state index in [0.717, 1.165) is 37.2 Å². The lowest BCUT2D eigenvalue weighted by Gasteiger charge is -2.36. The van der Waals surface area contributed by atoms with E-state index in [9.17, 15) is 9.59 Å². The molecular weight excluding hydrogens is 342 g/mol. The largest absolute Gasteiger partial charge is 0.496 e. The van der Waals surface area contributed by atoms with Crippen LogP contribution in [0.1, 0.15) is 31.2 Å². The van der Waals surface area contributed by atoms with Crippen molar-refractivity contribution < 1.29 is 14.3 Å². The van der Waals surface area contributed by atoms with Gasteiger partial charge in [-0.25, -0.2) is 0 Å². The zero-order chi connectivity index (χ0) is 18.8. The van der Waals surface area contributed by atoms with Gasteiger partial charge in [-0.3, -0.25) is 14.5 Å². The molecule has 0 spiro atoms. The van der Waals surface area contributed by atoms with Crippen molar-refractivity contribution in [1.29, 1.82) is 0 Å². The summed E-state index contributed by atoms with van der Waals surface area (Å²) >= 11 is 0. The molecule has 3 saturated heterocycles. The van der Waals surface area contributed by atoms with Gasteiger partial charge in [-0.1, -0.05) is 18.2 Å². The summed E-state index contributed by atoms with van der Waals surface area (Å²) in [6.07, 6.45) is 4.55. The van der Waals surface area contributed by atoms with E-state index in [2.05, 4.69) is 15.1 Å². The molecule has 4 aliphatic rings. The summed E-state index contributed by atoms with van der Waals surface area (Å²) in [5.74, 6) is 1.88. The molecule has 3 heterocycles. The summed E-state index contributed by atoms with van der Waals surface area (Å²) in [6, 6.07) is 7.99. The average molecular weight is 371 g/mol. The highest BCUT2D eigenvalue weighted by Crippen LogP contribution is 2.35. The van der Waals surface area contributed by atoms with E-state index in [-0.39, 0.29) is 17.9 Å². The Balaban J connectivity index is 1.32. The second-order valence-electron chi connectivity index (χ2n) is 8.14. The Kier molecular flexibility index (Phi) is 5.34. The molecule has 6 heteroatoms. The summed E-state index contributed by atoms with van der Waals surface area (Å²) in [5.41, 5.74) is 0.968. The maximum atomic E-state index is 12.8. The molecule has 5 rings (SSSR count). The lowest BCUT2D eigenvalue weighted by Crippen LogP contribution is -2.48. The lowest BCUT2D eigenvalue weighted by atomic mass is 9.94. The molecule has 3 aliphatic heterocycles. The summed E-state index contributed by atoms with van der Waals surface area (Å²) in [6.45, 7) is 3.26. The molecule has 1 saturated carbocycles. The zero-order valence-corrected chi connectivity index (χ0v) is 16.0. The number of rotatable bonds is 7. The Morgan fingerprint density at radius 3 is 2.78 bits per heavy atom. The van der Waals surface area contributed by atoms with Crippen LogP contribution >= 0.6 is 0 Å². The van der Waals surface area contributed by atoms with Crippen LogP contribution in [-0.2, 0) is 16.1 Å². The Labute approximate surface area is 160 Å². The van der Waals surface area contributed by atoms with E-state index in [1.807, 2.05) is 24.3 Å². The van der Waals surface area contributed by atoms with E-state index in [0.29, 0.717) is 31.5 Å². The predicted octanol–water partition coefficient (Wildman–Crippen LogP) is 1.64. The Bertz CT molecular complexity index is 704. The number of methoxy groups -OCH3 is 1. The number of piperidine rings is 1. The number of hydrogen-bond donors (Lipinski definition) is 1. The molecule has 4 fully saturated rings. The van der Waals surface area contributed by atoms with Gasteiger partial charge in [0.1, 0.15) is 5.75 Å². The van der Waals surface area contributed by atoms with Gasteiger partial charge < -0.3 is 15.0 Å². The number of carbonyl (C=O) groups excluding carboxylic acids is 2. The topological polar surface area (TPSA) is 61.9 Å². The van der Waals surface area contributed by atoms with Crippen LogP contribution in [0.3, 0.4) is 0 Å². The first-order valence-electron chi connectivity index (χ1n) is 10.1. The third-order valence-corrected chi connectivity index (χ3v) is 6.06. The highest BCUT2D eigenvalue weighted by Gasteiger charge is 2.42. The highest BCUT2D eigenvalue weighted by molar-refractivity contribution is 5.81. The number of fused-ring (bicyclic) bond motifs is 4. The molecule has 1 aromatic carbocycles. The number of amides is 2. The fourth-order valence-electron chi connectivity index (χ4n) is 4.38. The first kappa shape index (κ1) is 18.3. The summed E-state index contributed by atoms with van der Waals surface area (Å²) in [7, 11) is 1.64. The standard InChI is InChI=1S/C21H29N3O3/c1-27-19-5-3-2-4-16(19)10-22-20(25)14-23-12-17-8-9-18(13-23)24(21(17)26)11-15-6-7-15/h2-5,15,17-18H,6-14H2,1H3,(H,22,25). The molecule has 0 aromatic heterocycles. The van der Waals surface area contributed by atoms with Crippen molar-refractivity contribution in [3.8, 4) is 5.75 Å². The minimum atomic E-state index is 0.00315. The van der Waals surface area contributed by atoms with Crippen LogP contribution in [0.15, 0.2) is 24.3 Å². The average Bonchev–Trinajstić information content (AvgIpc) is 3.51. The zero-order valence-electron chi connectivity index (χ0n) is 16.0. The van der Waals surface area contributed by atoms with Crippen molar-refractivity contribution in [3.05, 3.63) is 29.8 Å². The van der Waals surface area contributed by atoms with Gasteiger partial charge >= 0.3 is 0 Å². The second-order valence-corrected chi connectivity index (χ2v) is 8.14. The Morgan fingerprint density at radius 1 is 1.19 bits per heavy atom. The molecule has 146 valence electrons. The van der Waals surface area contributed by atoms with Crippen LogP contribution in [0.4, 0.5) is 0 Å². The number of nitrogens with one attached hydrogen (secondary N) is 1. The summed E-state index contributed by atoms with van der Waals surface area (Å²) in [4.78, 5) is 29.6. The van der Waals surface area contributed by atoms with Crippen LogP contribution in [0, 0.1) is 11.8 Å². The predicted molar refractivity (Wildman–Crippen MR) is 102 cm³/mol. The van der Waals surface area contributed by atoms with E-state index >= 15 is 0 Å². The highest BCUT2D eigenvalue weighted by atomic mass is 16.5. The van der Waals surface area contributed by atoms with Gasteiger partial charge in [-0.05, 0) is 37.7 Å². The molecule has 1 aromatic rings. The van der Waals surface area contributed by atoms with Crippen LogP contribution < -0.4 is 10.1 Å². The maximum absolute atomic E-state index is 12.8. The van der Waals surface area contributed by atoms with Crippen LogP contribution in [0.2, 0.25) is 0 Å². The van der Waals surface area contributed by atoms with Crippen LogP contribution in [-0.4, -0.2) is 60.9 Å². The molecule has 0 radical (unpaired) electrons. The number of hydrogen-bond acceptors (Lipinski definition) is 4. The number of ether oxygens (including phenoxy) is 1. The molecule has 6 nitrogen and oxygen atoms in total. The van der Waals surface area contributed by atoms with Gasteiger partial charge in [0, 0.05) is 37.8 Å². The van der Waals surface area contributed by atoms with Crippen molar-refractivity contribution in [1.82, 2.24) is 15.1 Å². The Morgan fingerprint density at radius 2 is 2.00 bits per heavy atom. The van der Waals surface area contributed by atoms with Crippen molar-refractivity contribution >= 4 is 11.8 Å². The lowest BCUT2D eigenvalue weighted by molar-refractivity contribution is -0.140. The third kappa shape index (κ3) is 4.26. The first-order valence-corrected chi connectivity index (χ1v) is 10.1.